The van der Waals surface area contributed by atoms with E-state index in [0.717, 1.165) is 0 Å². The second-order valence-electron chi connectivity index (χ2n) is 10.1. The molecule has 250 valence electrons. The number of anilines is 2. The van der Waals surface area contributed by atoms with Gasteiger partial charge in [0.15, 0.2) is 11.5 Å². The smallest absolute Gasteiger partial charge is 0.342 e. The van der Waals surface area contributed by atoms with Crippen LogP contribution in [-0.4, -0.2) is 102 Å². The van der Waals surface area contributed by atoms with Gasteiger partial charge in [-0.3, -0.25) is 19.1 Å². The van der Waals surface area contributed by atoms with Crippen molar-refractivity contribution < 1.29 is 47.8 Å². The Morgan fingerprint density at radius 2 is 1.61 bits per heavy atom. The number of hydrogen-bond donors (Lipinski definition) is 6. The Labute approximate surface area is 257 Å². The van der Waals surface area contributed by atoms with Crippen LogP contribution in [0, 0.1) is 11.8 Å². The summed E-state index contributed by atoms with van der Waals surface area (Å²) < 4.78 is 40.5. The molecule has 1 aromatic rings. The largest absolute Gasteiger partial charge is 0.479 e. The summed E-state index contributed by atoms with van der Waals surface area (Å²) in [5.41, 5.74) is 9.89. The fourth-order valence-corrected chi connectivity index (χ4v) is 6.57. The van der Waals surface area contributed by atoms with Crippen molar-refractivity contribution in [2.24, 2.45) is 16.8 Å². The summed E-state index contributed by atoms with van der Waals surface area (Å²) in [4.78, 5) is 37.0. The fraction of sp³-hybridized carbons (Fsp3) is 0.731. The number of nitrogen functional groups attached to an aromatic ring is 2. The number of methoxy groups -OCH3 is 2. The summed E-state index contributed by atoms with van der Waals surface area (Å²) in [7, 11) is -1.58. The van der Waals surface area contributed by atoms with Gasteiger partial charge in [0.2, 0.25) is 11.8 Å². The first kappa shape index (κ1) is 37.3. The van der Waals surface area contributed by atoms with Gasteiger partial charge < -0.3 is 45.2 Å². The molecule has 18 heteroatoms. The number of nitrogens with zero attached hydrogens (tertiary/aromatic N) is 3. The van der Waals surface area contributed by atoms with Gasteiger partial charge in [0.05, 0.1) is 26.9 Å². The first-order valence-corrected chi connectivity index (χ1v) is 16.0. The molecule has 44 heavy (non-hydrogen) atoms. The number of hydrogen-bond acceptors (Lipinski definition) is 15. The minimum atomic E-state index is -4.21. The molecule has 17 nitrogen and oxygen atoms in total. The van der Waals surface area contributed by atoms with E-state index < -0.39 is 67.9 Å². The number of carbonyl (C=O) groups excluding carboxylic acids is 2. The Balaban J connectivity index is 2.27. The number of rotatable bonds is 19. The summed E-state index contributed by atoms with van der Waals surface area (Å²) >= 11 is 0. The van der Waals surface area contributed by atoms with Crippen molar-refractivity contribution in [2.45, 2.75) is 77.4 Å². The number of aromatic nitrogens is 2. The Kier molecular flexibility index (Phi) is 13.9. The van der Waals surface area contributed by atoms with Crippen molar-refractivity contribution in [3.05, 3.63) is 0 Å². The summed E-state index contributed by atoms with van der Waals surface area (Å²) in [6.07, 6.45) is -0.990. The molecule has 2 rings (SSSR count). The van der Waals surface area contributed by atoms with Gasteiger partial charge in [0, 0.05) is 19.2 Å². The third-order valence-corrected chi connectivity index (χ3v) is 9.12. The Morgan fingerprint density at radius 1 is 1.07 bits per heavy atom. The van der Waals surface area contributed by atoms with Gasteiger partial charge in [-0.2, -0.15) is 9.97 Å². The third kappa shape index (κ3) is 8.84. The molecular formula is C26H46N7O10P. The van der Waals surface area contributed by atoms with Crippen molar-refractivity contribution in [1.82, 2.24) is 20.1 Å². The minimum absolute atomic E-state index is 0.0314. The maximum atomic E-state index is 14.1. The quantitative estimate of drug-likeness (QED) is 0.0687. The van der Waals surface area contributed by atoms with E-state index in [1.54, 1.807) is 34.6 Å². The van der Waals surface area contributed by atoms with Gasteiger partial charge in [-0.05, 0) is 32.6 Å². The molecule has 1 aliphatic carbocycles. The van der Waals surface area contributed by atoms with Gasteiger partial charge in [0.1, 0.15) is 29.9 Å². The topological polar surface area (TPSA) is 252 Å². The van der Waals surface area contributed by atoms with Crippen LogP contribution in [0.4, 0.5) is 17.5 Å². The van der Waals surface area contributed by atoms with Gasteiger partial charge in [-0.1, -0.05) is 20.8 Å². The molecule has 6 unspecified atom stereocenters. The molecule has 1 aromatic heterocycles. The molecule has 0 bridgehead atoms. The third-order valence-electron chi connectivity index (χ3n) is 7.31. The van der Waals surface area contributed by atoms with Gasteiger partial charge in [-0.25, -0.2) is 10.2 Å². The van der Waals surface area contributed by atoms with E-state index in [1.807, 2.05) is 0 Å². The molecule has 0 radical (unpaired) electrons. The Bertz CT molecular complexity index is 1180. The van der Waals surface area contributed by atoms with Crippen molar-refractivity contribution >= 4 is 43.3 Å². The molecule has 0 spiro atoms. The highest BCUT2D eigenvalue weighted by molar-refractivity contribution is 7.54. The van der Waals surface area contributed by atoms with Crippen LogP contribution in [0.1, 0.15) is 47.5 Å². The average molecular weight is 648 g/mol. The van der Waals surface area contributed by atoms with E-state index in [0.29, 0.717) is 0 Å². The first-order valence-electron chi connectivity index (χ1n) is 14.3. The van der Waals surface area contributed by atoms with Gasteiger partial charge >= 0.3 is 19.6 Å². The molecule has 1 heterocycles. The van der Waals surface area contributed by atoms with E-state index in [9.17, 15) is 24.4 Å². The van der Waals surface area contributed by atoms with E-state index in [2.05, 4.69) is 25.1 Å². The number of aliphatic imine (C=N–C) groups is 1. The van der Waals surface area contributed by atoms with Crippen LogP contribution < -0.4 is 26.4 Å². The first-order chi connectivity index (χ1) is 20.8. The zero-order valence-electron chi connectivity index (χ0n) is 26.2. The number of esters is 2. The normalized spacial score (nSPS) is 23.8. The second kappa shape index (κ2) is 16.4. The lowest BCUT2D eigenvalue weighted by Crippen LogP contribution is -2.47. The number of carbonyl (C=O) groups is 2. The Morgan fingerprint density at radius 3 is 2.07 bits per heavy atom. The van der Waals surface area contributed by atoms with Crippen LogP contribution in [0.25, 0.3) is 0 Å². The summed E-state index contributed by atoms with van der Waals surface area (Å²) in [5, 5.41) is 27.9. The lowest BCUT2D eigenvalue weighted by molar-refractivity contribution is -0.145. The molecular weight excluding hydrogens is 601 g/mol. The monoisotopic (exact) mass is 647 g/mol. The second-order valence-corrected chi connectivity index (χ2v) is 11.9. The van der Waals surface area contributed by atoms with Crippen molar-refractivity contribution in [3.8, 4) is 5.88 Å². The number of aliphatic hydroxyl groups excluding tert-OH is 1. The standard InChI is InChI=1S/C26H46N7O10P/c1-8-16(23(35)41-10-3)32-44(38,33-17(9-2)24(36)42-11-4)43-13-18(39-6)20(34)26(37)14(5)15(26)12-29-19-21(27)30-25(28)31-22(19)40-7/h12,14-18,20,34,37H,8-11,13H2,1-7H3,(H2,32,33,38)(H4,27,28,30,31)/b29-12-/t14?,15?,16-,17?,18?,20?,26-,44?/m0/s1. The summed E-state index contributed by atoms with van der Waals surface area (Å²) in [6, 6.07) is -2.09. The summed E-state index contributed by atoms with van der Waals surface area (Å²) in [5.74, 6) is -2.60. The highest BCUT2D eigenvalue weighted by Gasteiger charge is 2.66. The summed E-state index contributed by atoms with van der Waals surface area (Å²) in [6.45, 7) is 7.99. The predicted molar refractivity (Wildman–Crippen MR) is 161 cm³/mol. The van der Waals surface area contributed by atoms with Crippen molar-refractivity contribution in [2.75, 3.05) is 45.5 Å². The van der Waals surface area contributed by atoms with E-state index in [1.165, 1.54) is 20.4 Å². The SMILES string of the molecule is CCOC(=O)C(CC)NP(=O)(N[C@@H](CC)C(=O)OCC)OCC(OC)C(O)[C@]1(O)C(C)C1/C=N\c1c(N)nc(N)nc1OC. The van der Waals surface area contributed by atoms with Crippen LogP contribution in [0.5, 0.6) is 5.88 Å². The van der Waals surface area contributed by atoms with Crippen molar-refractivity contribution in [1.29, 1.82) is 0 Å². The highest BCUT2D eigenvalue weighted by atomic mass is 31.2. The van der Waals surface area contributed by atoms with Crippen LogP contribution in [0.2, 0.25) is 0 Å². The molecule has 8 atom stereocenters. The molecule has 0 aromatic carbocycles. The van der Waals surface area contributed by atoms with E-state index in [-0.39, 0.29) is 49.4 Å². The lowest BCUT2D eigenvalue weighted by Gasteiger charge is -2.31. The maximum Gasteiger partial charge on any atom is 0.342 e. The van der Waals surface area contributed by atoms with Crippen LogP contribution in [0.15, 0.2) is 4.99 Å². The Hall–Kier alpha value is -2.92. The molecule has 0 amide bonds. The minimum Gasteiger partial charge on any atom is -0.479 e. The average Bonchev–Trinajstić information content (AvgIpc) is 3.53. The number of nitrogens with one attached hydrogen (secondary N) is 2. The maximum absolute atomic E-state index is 14.1. The van der Waals surface area contributed by atoms with Gasteiger partial charge in [0.25, 0.3) is 0 Å². The fourth-order valence-electron chi connectivity index (χ4n) is 4.60. The molecule has 1 aliphatic rings. The van der Waals surface area contributed by atoms with Gasteiger partial charge in [-0.15, -0.1) is 0 Å². The van der Waals surface area contributed by atoms with Crippen LogP contribution >= 0.6 is 7.67 Å². The lowest BCUT2D eigenvalue weighted by atomic mass is 10.0. The molecule has 0 aliphatic heterocycles. The molecule has 1 saturated carbocycles. The predicted octanol–water partition coefficient (Wildman–Crippen LogP) is 0.712. The zero-order valence-corrected chi connectivity index (χ0v) is 27.1. The number of aliphatic hydroxyl groups is 2. The molecule has 0 saturated heterocycles. The van der Waals surface area contributed by atoms with Crippen LogP contribution in [-0.2, 0) is 32.9 Å². The molecule has 1 fully saturated rings. The van der Waals surface area contributed by atoms with E-state index >= 15 is 0 Å². The number of nitrogens with two attached hydrogens (primary N) is 2. The number of ether oxygens (including phenoxy) is 4. The van der Waals surface area contributed by atoms with Crippen molar-refractivity contribution in [3.63, 3.8) is 0 Å². The highest BCUT2D eigenvalue weighted by Crippen LogP contribution is 2.53. The van der Waals surface area contributed by atoms with Crippen LogP contribution in [0.3, 0.4) is 0 Å². The van der Waals surface area contributed by atoms with E-state index in [4.69, 9.17) is 34.9 Å². The zero-order chi connectivity index (χ0) is 33.2. The molecule has 8 N–H and O–H groups in total.